The van der Waals surface area contributed by atoms with Crippen molar-refractivity contribution < 1.29 is 5.11 Å². The van der Waals surface area contributed by atoms with Crippen LogP contribution < -0.4 is 0 Å². The maximum absolute atomic E-state index is 9.27. The van der Waals surface area contributed by atoms with E-state index in [1.165, 1.54) is 12.8 Å². The first-order chi connectivity index (χ1) is 4.34. The summed E-state index contributed by atoms with van der Waals surface area (Å²) < 4.78 is 0. The highest BCUT2D eigenvalue weighted by atomic mass is 16.3. The summed E-state index contributed by atoms with van der Waals surface area (Å²) in [6, 6.07) is 0. The van der Waals surface area contributed by atoms with E-state index in [9.17, 15) is 5.11 Å². The van der Waals surface area contributed by atoms with Crippen LogP contribution in [0.5, 0.6) is 0 Å². The second kappa shape index (κ2) is 3.02. The topological polar surface area (TPSA) is 20.2 Å². The molecule has 1 N–H and O–H groups in total. The van der Waals surface area contributed by atoms with E-state index in [1.54, 1.807) is 0 Å². The molecule has 0 radical (unpaired) electrons. The van der Waals surface area contributed by atoms with Crippen LogP contribution in [0.25, 0.3) is 0 Å². The SMILES string of the molecule is CC=CCC(O)C1CC1. The molecule has 1 aliphatic rings. The predicted octanol–water partition coefficient (Wildman–Crippen LogP) is 1.72. The zero-order chi connectivity index (χ0) is 6.69. The molecule has 0 spiro atoms. The largest absolute Gasteiger partial charge is 0.393 e. The summed E-state index contributed by atoms with van der Waals surface area (Å²) in [5.74, 6) is 0.626. The second-order valence-corrected chi connectivity index (χ2v) is 2.71. The fraction of sp³-hybridized carbons (Fsp3) is 0.750. The lowest BCUT2D eigenvalue weighted by Crippen LogP contribution is -2.06. The van der Waals surface area contributed by atoms with E-state index in [-0.39, 0.29) is 6.10 Å². The first kappa shape index (κ1) is 6.81. The Kier molecular flexibility index (Phi) is 2.29. The summed E-state index contributed by atoms with van der Waals surface area (Å²) in [7, 11) is 0. The molecule has 1 fully saturated rings. The molecule has 1 nitrogen and oxygen atoms in total. The molecule has 0 amide bonds. The average Bonchev–Trinajstić information content (AvgIpc) is 2.63. The highest BCUT2D eigenvalue weighted by Crippen LogP contribution is 2.33. The number of aliphatic hydroxyl groups is 1. The zero-order valence-corrected chi connectivity index (χ0v) is 5.88. The van der Waals surface area contributed by atoms with E-state index >= 15 is 0 Å². The average molecular weight is 126 g/mol. The predicted molar refractivity (Wildman–Crippen MR) is 38.2 cm³/mol. The number of rotatable bonds is 3. The van der Waals surface area contributed by atoms with Gasteiger partial charge in [0, 0.05) is 0 Å². The summed E-state index contributed by atoms with van der Waals surface area (Å²) in [5.41, 5.74) is 0. The Bertz CT molecular complexity index is 103. The van der Waals surface area contributed by atoms with Crippen molar-refractivity contribution in [3.63, 3.8) is 0 Å². The molecular formula is C8H14O. The standard InChI is InChI=1S/C8H14O/c1-2-3-4-8(9)7-5-6-7/h2-3,7-9H,4-6H2,1H3. The van der Waals surface area contributed by atoms with Crippen molar-refractivity contribution in [3.05, 3.63) is 12.2 Å². The highest BCUT2D eigenvalue weighted by Gasteiger charge is 2.28. The van der Waals surface area contributed by atoms with E-state index in [2.05, 4.69) is 0 Å². The number of allylic oxidation sites excluding steroid dienone is 1. The highest BCUT2D eigenvalue weighted by molar-refractivity contribution is 4.88. The minimum atomic E-state index is -0.0544. The summed E-state index contributed by atoms with van der Waals surface area (Å²) >= 11 is 0. The second-order valence-electron chi connectivity index (χ2n) is 2.71. The molecule has 0 aromatic carbocycles. The van der Waals surface area contributed by atoms with E-state index in [1.807, 2.05) is 19.1 Å². The van der Waals surface area contributed by atoms with Gasteiger partial charge in [-0.2, -0.15) is 0 Å². The van der Waals surface area contributed by atoms with Crippen LogP contribution in [-0.2, 0) is 0 Å². The lowest BCUT2D eigenvalue weighted by molar-refractivity contribution is 0.154. The molecule has 1 rings (SSSR count). The van der Waals surface area contributed by atoms with Gasteiger partial charge in [-0.15, -0.1) is 0 Å². The quantitative estimate of drug-likeness (QED) is 0.571. The van der Waals surface area contributed by atoms with Gasteiger partial charge in [-0.05, 0) is 32.1 Å². The maximum atomic E-state index is 9.27. The van der Waals surface area contributed by atoms with Gasteiger partial charge in [0.05, 0.1) is 6.10 Å². The minimum absolute atomic E-state index is 0.0544. The molecule has 0 aliphatic heterocycles. The number of aliphatic hydroxyl groups excluding tert-OH is 1. The molecule has 1 unspecified atom stereocenters. The molecule has 0 aromatic rings. The van der Waals surface area contributed by atoms with Crippen LogP contribution in [-0.4, -0.2) is 11.2 Å². The van der Waals surface area contributed by atoms with Crippen molar-refractivity contribution in [2.45, 2.75) is 32.3 Å². The molecule has 1 heteroatoms. The Morgan fingerprint density at radius 3 is 2.78 bits per heavy atom. The van der Waals surface area contributed by atoms with E-state index < -0.39 is 0 Å². The molecule has 0 aromatic heterocycles. The summed E-state index contributed by atoms with van der Waals surface area (Å²) in [6.45, 7) is 1.99. The first-order valence-electron chi connectivity index (χ1n) is 3.64. The van der Waals surface area contributed by atoms with Gasteiger partial charge in [0.25, 0.3) is 0 Å². The summed E-state index contributed by atoms with van der Waals surface area (Å²) in [4.78, 5) is 0. The zero-order valence-electron chi connectivity index (χ0n) is 5.88. The van der Waals surface area contributed by atoms with Crippen molar-refractivity contribution in [1.82, 2.24) is 0 Å². The van der Waals surface area contributed by atoms with Gasteiger partial charge in [-0.25, -0.2) is 0 Å². The van der Waals surface area contributed by atoms with Gasteiger partial charge in [0.1, 0.15) is 0 Å². The van der Waals surface area contributed by atoms with E-state index in [0.29, 0.717) is 5.92 Å². The van der Waals surface area contributed by atoms with Crippen molar-refractivity contribution in [2.24, 2.45) is 5.92 Å². The van der Waals surface area contributed by atoms with Crippen molar-refractivity contribution in [3.8, 4) is 0 Å². The Morgan fingerprint density at radius 1 is 1.67 bits per heavy atom. The van der Waals surface area contributed by atoms with Crippen molar-refractivity contribution in [2.75, 3.05) is 0 Å². The molecule has 0 saturated heterocycles. The Morgan fingerprint density at radius 2 is 2.33 bits per heavy atom. The summed E-state index contributed by atoms with van der Waals surface area (Å²) in [6.07, 6.45) is 7.29. The van der Waals surface area contributed by atoms with Crippen LogP contribution >= 0.6 is 0 Å². The molecule has 1 atom stereocenters. The molecule has 0 bridgehead atoms. The Labute approximate surface area is 56.4 Å². The van der Waals surface area contributed by atoms with Crippen LogP contribution in [0.4, 0.5) is 0 Å². The first-order valence-corrected chi connectivity index (χ1v) is 3.64. The monoisotopic (exact) mass is 126 g/mol. The molecule has 9 heavy (non-hydrogen) atoms. The van der Waals surface area contributed by atoms with Gasteiger partial charge in [0.2, 0.25) is 0 Å². The van der Waals surface area contributed by atoms with E-state index in [4.69, 9.17) is 0 Å². The van der Waals surface area contributed by atoms with Crippen LogP contribution in [0.3, 0.4) is 0 Å². The number of hydrogen-bond acceptors (Lipinski definition) is 1. The number of hydrogen-bond donors (Lipinski definition) is 1. The van der Waals surface area contributed by atoms with Crippen LogP contribution in [0.15, 0.2) is 12.2 Å². The fourth-order valence-corrected chi connectivity index (χ4v) is 0.949. The molecule has 0 heterocycles. The lowest BCUT2D eigenvalue weighted by atomic mass is 10.1. The Balaban J connectivity index is 2.10. The van der Waals surface area contributed by atoms with Crippen LogP contribution in [0.1, 0.15) is 26.2 Å². The molecular weight excluding hydrogens is 112 g/mol. The van der Waals surface area contributed by atoms with Crippen LogP contribution in [0, 0.1) is 5.92 Å². The van der Waals surface area contributed by atoms with Crippen LogP contribution in [0.2, 0.25) is 0 Å². The maximum Gasteiger partial charge on any atom is 0.0602 e. The minimum Gasteiger partial charge on any atom is -0.393 e. The third-order valence-electron chi connectivity index (χ3n) is 1.78. The Hall–Kier alpha value is -0.300. The smallest absolute Gasteiger partial charge is 0.0602 e. The fourth-order valence-electron chi connectivity index (χ4n) is 0.949. The lowest BCUT2D eigenvalue weighted by Gasteiger charge is -2.02. The van der Waals surface area contributed by atoms with Crippen molar-refractivity contribution >= 4 is 0 Å². The van der Waals surface area contributed by atoms with Gasteiger partial charge in [0.15, 0.2) is 0 Å². The molecule has 1 aliphatic carbocycles. The molecule has 52 valence electrons. The third-order valence-corrected chi connectivity index (χ3v) is 1.78. The van der Waals surface area contributed by atoms with E-state index in [0.717, 1.165) is 6.42 Å². The summed E-state index contributed by atoms with van der Waals surface area (Å²) in [5, 5.41) is 9.27. The third kappa shape index (κ3) is 2.19. The van der Waals surface area contributed by atoms with Gasteiger partial charge < -0.3 is 5.11 Å². The normalized spacial score (nSPS) is 22.9. The van der Waals surface area contributed by atoms with Gasteiger partial charge >= 0.3 is 0 Å². The van der Waals surface area contributed by atoms with Crippen molar-refractivity contribution in [1.29, 1.82) is 0 Å². The molecule has 1 saturated carbocycles. The van der Waals surface area contributed by atoms with Gasteiger partial charge in [-0.3, -0.25) is 0 Å². The van der Waals surface area contributed by atoms with Gasteiger partial charge in [-0.1, -0.05) is 12.2 Å².